The van der Waals surface area contributed by atoms with Crippen LogP contribution in [-0.4, -0.2) is 11.1 Å². The van der Waals surface area contributed by atoms with Gasteiger partial charge in [-0.05, 0) is 42.8 Å². The predicted octanol–water partition coefficient (Wildman–Crippen LogP) is 3.70. The smallest absolute Gasteiger partial charge is 0.331 e. The number of halogens is 2. The molecule has 0 saturated heterocycles. The van der Waals surface area contributed by atoms with Crippen molar-refractivity contribution in [2.75, 3.05) is 5.73 Å². The number of benzene rings is 2. The molecule has 3 nitrogen and oxygen atoms in total. The number of carbonyl (C=O) groups is 1. The van der Waals surface area contributed by atoms with Crippen molar-refractivity contribution >= 4 is 17.7 Å². The second kappa shape index (κ2) is 5.75. The third-order valence-corrected chi connectivity index (χ3v) is 3.02. The maximum absolute atomic E-state index is 14.1. The zero-order valence-electron chi connectivity index (χ0n) is 11.2. The number of anilines is 1. The highest BCUT2D eigenvalue weighted by Gasteiger charge is 2.11. The van der Waals surface area contributed by atoms with Gasteiger partial charge in [0.1, 0.15) is 11.6 Å². The molecule has 5 heteroatoms. The molecule has 2 aromatic rings. The van der Waals surface area contributed by atoms with E-state index in [9.17, 15) is 13.6 Å². The SMILES string of the molecule is C/C(=C\c1cc(F)c(-c2ccc(N)cc2)cc1F)C(=O)O. The molecule has 0 amide bonds. The van der Waals surface area contributed by atoms with Crippen LogP contribution in [0.3, 0.4) is 0 Å². The van der Waals surface area contributed by atoms with Crippen molar-refractivity contribution in [3.63, 3.8) is 0 Å². The van der Waals surface area contributed by atoms with E-state index in [4.69, 9.17) is 10.8 Å². The monoisotopic (exact) mass is 289 g/mol. The molecule has 0 saturated carbocycles. The summed E-state index contributed by atoms with van der Waals surface area (Å²) >= 11 is 0. The largest absolute Gasteiger partial charge is 0.478 e. The van der Waals surface area contributed by atoms with Gasteiger partial charge >= 0.3 is 5.97 Å². The average molecular weight is 289 g/mol. The lowest BCUT2D eigenvalue weighted by atomic mass is 10.0. The summed E-state index contributed by atoms with van der Waals surface area (Å²) in [6.07, 6.45) is 1.09. The van der Waals surface area contributed by atoms with E-state index >= 15 is 0 Å². The van der Waals surface area contributed by atoms with Gasteiger partial charge in [0.2, 0.25) is 0 Å². The zero-order chi connectivity index (χ0) is 15.6. The lowest BCUT2D eigenvalue weighted by Gasteiger charge is -2.07. The van der Waals surface area contributed by atoms with E-state index in [-0.39, 0.29) is 16.7 Å². The average Bonchev–Trinajstić information content (AvgIpc) is 2.43. The Bertz CT molecular complexity index is 722. The number of rotatable bonds is 3. The third kappa shape index (κ3) is 3.25. The molecule has 0 aliphatic carbocycles. The first-order valence-electron chi connectivity index (χ1n) is 6.15. The molecule has 0 bridgehead atoms. The standard InChI is InChI=1S/C16H13F2NO2/c1-9(16(20)21)6-11-7-15(18)13(8-14(11)17)10-2-4-12(19)5-3-10/h2-8H,19H2,1H3,(H,20,21)/b9-6+. The van der Waals surface area contributed by atoms with Gasteiger partial charge in [-0.25, -0.2) is 13.6 Å². The molecule has 21 heavy (non-hydrogen) atoms. The zero-order valence-corrected chi connectivity index (χ0v) is 11.2. The number of hydrogen-bond acceptors (Lipinski definition) is 2. The summed E-state index contributed by atoms with van der Waals surface area (Å²) in [5.74, 6) is -2.51. The van der Waals surface area contributed by atoms with Crippen molar-refractivity contribution in [2.45, 2.75) is 6.92 Å². The molecule has 2 rings (SSSR count). The van der Waals surface area contributed by atoms with Crippen molar-refractivity contribution < 1.29 is 18.7 Å². The highest BCUT2D eigenvalue weighted by atomic mass is 19.1. The van der Waals surface area contributed by atoms with E-state index in [0.717, 1.165) is 18.2 Å². The van der Waals surface area contributed by atoms with Gasteiger partial charge in [-0.1, -0.05) is 12.1 Å². The quantitative estimate of drug-likeness (QED) is 0.669. The number of carboxylic acids is 1. The number of hydrogen-bond donors (Lipinski definition) is 2. The second-order valence-electron chi connectivity index (χ2n) is 4.61. The summed E-state index contributed by atoms with van der Waals surface area (Å²) in [7, 11) is 0. The van der Waals surface area contributed by atoms with E-state index in [2.05, 4.69) is 0 Å². The van der Waals surface area contributed by atoms with E-state index in [1.54, 1.807) is 24.3 Å². The summed E-state index contributed by atoms with van der Waals surface area (Å²) in [6, 6.07) is 8.38. The normalized spacial score (nSPS) is 11.5. The van der Waals surface area contributed by atoms with Crippen molar-refractivity contribution in [1.29, 1.82) is 0 Å². The lowest BCUT2D eigenvalue weighted by Crippen LogP contribution is -1.97. The fourth-order valence-electron chi connectivity index (χ4n) is 1.85. The fraction of sp³-hybridized carbons (Fsp3) is 0.0625. The Morgan fingerprint density at radius 2 is 1.76 bits per heavy atom. The first-order chi connectivity index (χ1) is 9.88. The maximum atomic E-state index is 14.1. The molecule has 3 N–H and O–H groups in total. The van der Waals surface area contributed by atoms with Gasteiger partial charge in [0.15, 0.2) is 0 Å². The van der Waals surface area contributed by atoms with Gasteiger partial charge in [0.25, 0.3) is 0 Å². The van der Waals surface area contributed by atoms with E-state index < -0.39 is 17.6 Å². The van der Waals surface area contributed by atoms with Gasteiger partial charge in [0, 0.05) is 22.4 Å². The molecule has 0 atom stereocenters. The highest BCUT2D eigenvalue weighted by molar-refractivity contribution is 5.91. The van der Waals surface area contributed by atoms with Crippen molar-refractivity contribution in [3.8, 4) is 11.1 Å². The lowest BCUT2D eigenvalue weighted by molar-refractivity contribution is -0.132. The van der Waals surface area contributed by atoms with Crippen molar-refractivity contribution in [3.05, 3.63) is 59.2 Å². The molecule has 0 heterocycles. The van der Waals surface area contributed by atoms with Crippen LogP contribution in [0.15, 0.2) is 42.0 Å². The minimum absolute atomic E-state index is 0.0754. The molecule has 0 aliphatic heterocycles. The third-order valence-electron chi connectivity index (χ3n) is 3.02. The fourth-order valence-corrected chi connectivity index (χ4v) is 1.85. The van der Waals surface area contributed by atoms with Crippen LogP contribution in [0.4, 0.5) is 14.5 Å². The van der Waals surface area contributed by atoms with Crippen LogP contribution >= 0.6 is 0 Å². The van der Waals surface area contributed by atoms with E-state index in [1.165, 1.54) is 6.92 Å². The van der Waals surface area contributed by atoms with E-state index in [0.29, 0.717) is 11.3 Å². The predicted molar refractivity (Wildman–Crippen MR) is 77.5 cm³/mol. The Balaban J connectivity index is 2.49. The summed E-state index contributed by atoms with van der Waals surface area (Å²) < 4.78 is 28.1. The van der Waals surface area contributed by atoms with Crippen LogP contribution in [0, 0.1) is 11.6 Å². The molecule has 0 radical (unpaired) electrons. The van der Waals surface area contributed by atoms with Crippen LogP contribution in [0.5, 0.6) is 0 Å². The molecular formula is C16H13F2NO2. The Kier molecular flexibility index (Phi) is 4.03. The van der Waals surface area contributed by atoms with Crippen LogP contribution in [0.1, 0.15) is 12.5 Å². The van der Waals surface area contributed by atoms with Crippen molar-refractivity contribution in [1.82, 2.24) is 0 Å². The van der Waals surface area contributed by atoms with Crippen LogP contribution in [0.2, 0.25) is 0 Å². The Morgan fingerprint density at radius 3 is 2.33 bits per heavy atom. The first kappa shape index (κ1) is 14.7. The topological polar surface area (TPSA) is 63.3 Å². The second-order valence-corrected chi connectivity index (χ2v) is 4.61. The molecule has 0 fully saturated rings. The number of carboxylic acid groups (broad SMARTS) is 1. The molecule has 0 aliphatic rings. The number of aliphatic carboxylic acids is 1. The van der Waals surface area contributed by atoms with Gasteiger partial charge in [-0.15, -0.1) is 0 Å². The maximum Gasteiger partial charge on any atom is 0.331 e. The molecule has 2 aromatic carbocycles. The van der Waals surface area contributed by atoms with Gasteiger partial charge in [0.05, 0.1) is 0 Å². The van der Waals surface area contributed by atoms with Crippen molar-refractivity contribution in [2.24, 2.45) is 0 Å². The summed E-state index contributed by atoms with van der Waals surface area (Å²) in [5, 5.41) is 8.77. The Hall–Kier alpha value is -2.69. The summed E-state index contributed by atoms with van der Waals surface area (Å²) in [6.45, 7) is 1.31. The molecule has 0 unspecified atom stereocenters. The van der Waals surface area contributed by atoms with Gasteiger partial charge < -0.3 is 10.8 Å². The molecule has 0 spiro atoms. The molecule has 108 valence electrons. The molecular weight excluding hydrogens is 276 g/mol. The number of nitrogen functional groups attached to an aromatic ring is 1. The van der Waals surface area contributed by atoms with Crippen LogP contribution in [-0.2, 0) is 4.79 Å². The highest BCUT2D eigenvalue weighted by Crippen LogP contribution is 2.27. The van der Waals surface area contributed by atoms with E-state index in [1.807, 2.05) is 0 Å². The summed E-state index contributed by atoms with van der Waals surface area (Å²) in [4.78, 5) is 10.7. The van der Waals surface area contributed by atoms with Crippen LogP contribution < -0.4 is 5.73 Å². The Morgan fingerprint density at radius 1 is 1.14 bits per heavy atom. The first-order valence-corrected chi connectivity index (χ1v) is 6.15. The van der Waals surface area contributed by atoms with Crippen LogP contribution in [0.25, 0.3) is 17.2 Å². The minimum atomic E-state index is -1.18. The number of nitrogens with two attached hydrogens (primary N) is 1. The molecule has 0 aromatic heterocycles. The van der Waals surface area contributed by atoms with Gasteiger partial charge in [-0.2, -0.15) is 0 Å². The summed E-state index contributed by atoms with van der Waals surface area (Å²) in [5.41, 5.74) is 6.48. The Labute approximate surface area is 120 Å². The minimum Gasteiger partial charge on any atom is -0.478 e. The van der Waals surface area contributed by atoms with Gasteiger partial charge in [-0.3, -0.25) is 0 Å².